The second-order valence-corrected chi connectivity index (χ2v) is 4.76. The van der Waals surface area contributed by atoms with Crippen LogP contribution < -0.4 is 5.32 Å². The van der Waals surface area contributed by atoms with Crippen molar-refractivity contribution < 1.29 is 10.2 Å². The lowest BCUT2D eigenvalue weighted by atomic mass is 9.98. The van der Waals surface area contributed by atoms with Crippen LogP contribution in [0, 0.1) is 6.92 Å². The van der Waals surface area contributed by atoms with Crippen LogP contribution in [0.4, 0.5) is 0 Å². The Morgan fingerprint density at radius 3 is 2.57 bits per heavy atom. The van der Waals surface area contributed by atoms with Crippen LogP contribution in [0.15, 0.2) is 18.9 Å². The highest BCUT2D eigenvalue weighted by molar-refractivity contribution is 5.85. The smallest absolute Gasteiger partial charge is 0.142 e. The molecule has 1 aromatic rings. The lowest BCUT2D eigenvalue weighted by Crippen LogP contribution is -2.44. The minimum atomic E-state index is -0.132. The second-order valence-electron chi connectivity index (χ2n) is 4.76. The number of halogens is 2. The van der Waals surface area contributed by atoms with Gasteiger partial charge in [-0.2, -0.15) is 0 Å². The first-order valence-corrected chi connectivity index (χ1v) is 6.54. The normalized spacial score (nSPS) is 16.5. The van der Waals surface area contributed by atoms with Crippen molar-refractivity contribution in [2.24, 2.45) is 0 Å². The maximum absolute atomic E-state index is 10.3. The van der Waals surface area contributed by atoms with Gasteiger partial charge in [-0.05, 0) is 6.92 Å². The van der Waals surface area contributed by atoms with Gasteiger partial charge in [0.15, 0.2) is 0 Å². The number of aromatic nitrogens is 1. The van der Waals surface area contributed by atoms with Crippen molar-refractivity contribution in [3.63, 3.8) is 0 Å². The monoisotopic (exact) mass is 335 g/mol. The Morgan fingerprint density at radius 2 is 2.05 bits per heavy atom. The number of aryl methyl sites for hydroxylation is 1. The Labute approximate surface area is 137 Å². The minimum absolute atomic E-state index is 0. The van der Waals surface area contributed by atoms with Gasteiger partial charge in [0.1, 0.15) is 5.75 Å². The number of aromatic hydroxyl groups is 1. The molecule has 3 N–H and O–H groups in total. The summed E-state index contributed by atoms with van der Waals surface area (Å²) in [5.74, 6) is 0.162. The van der Waals surface area contributed by atoms with Gasteiger partial charge in [-0.1, -0.05) is 6.08 Å². The molecule has 2 heterocycles. The van der Waals surface area contributed by atoms with Gasteiger partial charge in [-0.15, -0.1) is 31.4 Å². The van der Waals surface area contributed by atoms with Gasteiger partial charge in [0.25, 0.3) is 0 Å². The molecule has 7 heteroatoms. The number of aliphatic hydroxyl groups excluding tert-OH is 1. The molecular weight excluding hydrogens is 313 g/mol. The molecule has 1 saturated heterocycles. The summed E-state index contributed by atoms with van der Waals surface area (Å²) < 4.78 is 0. The first kappa shape index (κ1) is 20.1. The van der Waals surface area contributed by atoms with Crippen molar-refractivity contribution in [2.75, 3.05) is 26.2 Å². The molecule has 2 rings (SSSR count). The summed E-state index contributed by atoms with van der Waals surface area (Å²) in [6.45, 7) is 9.14. The standard InChI is InChI=1S/C14H21N3O2.2ClH/c1-3-12(17-6-4-15-5-7-17)13-11(9-18)8-16-10(2)14(13)19;;/h3,8,12,15,18-19H,1,4-7,9H2,2H3;2*1H/t12-;;/m1../s1. The summed E-state index contributed by atoms with van der Waals surface area (Å²) in [7, 11) is 0. The summed E-state index contributed by atoms with van der Waals surface area (Å²) in [5, 5.41) is 23.0. The fourth-order valence-corrected chi connectivity index (χ4v) is 2.52. The predicted octanol–water partition coefficient (Wildman–Crippen LogP) is 1.56. The molecule has 0 aliphatic carbocycles. The lowest BCUT2D eigenvalue weighted by Gasteiger charge is -2.34. The van der Waals surface area contributed by atoms with Crippen LogP contribution in [0.5, 0.6) is 5.75 Å². The number of hydrogen-bond donors (Lipinski definition) is 3. The number of hydrogen-bond acceptors (Lipinski definition) is 5. The predicted molar refractivity (Wildman–Crippen MR) is 88.4 cm³/mol. The van der Waals surface area contributed by atoms with Crippen LogP contribution in [0.3, 0.4) is 0 Å². The van der Waals surface area contributed by atoms with Gasteiger partial charge in [0, 0.05) is 43.5 Å². The van der Waals surface area contributed by atoms with Gasteiger partial charge in [-0.3, -0.25) is 9.88 Å². The zero-order valence-electron chi connectivity index (χ0n) is 12.1. The van der Waals surface area contributed by atoms with E-state index in [0.29, 0.717) is 11.3 Å². The molecule has 120 valence electrons. The van der Waals surface area contributed by atoms with Crippen LogP contribution in [-0.2, 0) is 6.61 Å². The third-order valence-electron chi connectivity index (χ3n) is 3.59. The van der Waals surface area contributed by atoms with Gasteiger partial charge < -0.3 is 15.5 Å². The number of aliphatic hydroxyl groups is 1. The molecule has 1 aromatic heterocycles. The molecule has 0 bridgehead atoms. The number of pyridine rings is 1. The molecular formula is C14H23Cl2N3O2. The Bertz CT molecular complexity index is 466. The van der Waals surface area contributed by atoms with Crippen molar-refractivity contribution in [1.29, 1.82) is 0 Å². The molecule has 0 unspecified atom stereocenters. The maximum atomic E-state index is 10.3. The molecule has 0 radical (unpaired) electrons. The highest BCUT2D eigenvalue weighted by Gasteiger charge is 2.25. The van der Waals surface area contributed by atoms with E-state index < -0.39 is 0 Å². The Kier molecular flexibility index (Phi) is 8.85. The average Bonchev–Trinajstić information content (AvgIpc) is 2.45. The molecule has 1 atom stereocenters. The Balaban J connectivity index is 0.00000200. The van der Waals surface area contributed by atoms with Crippen molar-refractivity contribution in [2.45, 2.75) is 19.6 Å². The van der Waals surface area contributed by atoms with Crippen LogP contribution in [0.25, 0.3) is 0 Å². The summed E-state index contributed by atoms with van der Waals surface area (Å²) in [5.41, 5.74) is 1.97. The van der Waals surface area contributed by atoms with E-state index in [1.807, 2.05) is 6.08 Å². The van der Waals surface area contributed by atoms with Crippen molar-refractivity contribution in [3.05, 3.63) is 35.7 Å². The van der Waals surface area contributed by atoms with E-state index in [2.05, 4.69) is 21.8 Å². The number of rotatable bonds is 4. The van der Waals surface area contributed by atoms with E-state index in [9.17, 15) is 10.2 Å². The zero-order valence-corrected chi connectivity index (χ0v) is 13.7. The summed E-state index contributed by atoms with van der Waals surface area (Å²) in [4.78, 5) is 6.34. The van der Waals surface area contributed by atoms with Crippen molar-refractivity contribution in [1.82, 2.24) is 15.2 Å². The largest absolute Gasteiger partial charge is 0.506 e. The molecule has 1 fully saturated rings. The topological polar surface area (TPSA) is 68.6 Å². The fraction of sp³-hybridized carbons (Fsp3) is 0.500. The molecule has 1 aliphatic heterocycles. The van der Waals surface area contributed by atoms with Crippen molar-refractivity contribution in [3.8, 4) is 5.75 Å². The fourth-order valence-electron chi connectivity index (χ4n) is 2.52. The maximum Gasteiger partial charge on any atom is 0.142 e. The van der Waals surface area contributed by atoms with Crippen LogP contribution >= 0.6 is 24.8 Å². The van der Waals surface area contributed by atoms with Crippen LogP contribution in [-0.4, -0.2) is 46.3 Å². The van der Waals surface area contributed by atoms with Crippen LogP contribution in [0.2, 0.25) is 0 Å². The number of piperazine rings is 1. The molecule has 5 nitrogen and oxygen atoms in total. The third kappa shape index (κ3) is 4.31. The quantitative estimate of drug-likeness (QED) is 0.728. The molecule has 21 heavy (non-hydrogen) atoms. The average molecular weight is 336 g/mol. The molecule has 0 amide bonds. The van der Waals surface area contributed by atoms with E-state index in [1.165, 1.54) is 0 Å². The first-order valence-electron chi connectivity index (χ1n) is 6.54. The molecule has 0 aromatic carbocycles. The van der Waals surface area contributed by atoms with E-state index in [4.69, 9.17) is 0 Å². The molecule has 0 saturated carbocycles. The second kappa shape index (κ2) is 9.23. The molecule has 1 aliphatic rings. The Morgan fingerprint density at radius 1 is 1.43 bits per heavy atom. The summed E-state index contributed by atoms with van der Waals surface area (Å²) in [6, 6.07) is -0.0917. The van der Waals surface area contributed by atoms with E-state index in [0.717, 1.165) is 31.7 Å². The summed E-state index contributed by atoms with van der Waals surface area (Å²) in [6.07, 6.45) is 3.45. The van der Waals surface area contributed by atoms with Gasteiger partial charge in [0.2, 0.25) is 0 Å². The first-order chi connectivity index (χ1) is 9.19. The van der Waals surface area contributed by atoms with Gasteiger partial charge in [0.05, 0.1) is 18.3 Å². The number of nitrogens with zero attached hydrogens (tertiary/aromatic N) is 2. The zero-order chi connectivity index (χ0) is 13.8. The summed E-state index contributed by atoms with van der Waals surface area (Å²) >= 11 is 0. The SMILES string of the molecule is C=C[C@H](c1c(CO)cnc(C)c1O)N1CCNCC1.Cl.Cl. The van der Waals surface area contributed by atoms with Gasteiger partial charge in [-0.25, -0.2) is 0 Å². The lowest BCUT2D eigenvalue weighted by molar-refractivity contribution is 0.196. The van der Waals surface area contributed by atoms with E-state index in [1.54, 1.807) is 13.1 Å². The van der Waals surface area contributed by atoms with E-state index in [-0.39, 0.29) is 43.2 Å². The van der Waals surface area contributed by atoms with Crippen molar-refractivity contribution >= 4 is 24.8 Å². The highest BCUT2D eigenvalue weighted by Crippen LogP contribution is 2.34. The number of nitrogens with one attached hydrogen (secondary N) is 1. The minimum Gasteiger partial charge on any atom is -0.506 e. The Hall–Kier alpha value is -0.850. The highest BCUT2D eigenvalue weighted by atomic mass is 35.5. The molecule has 0 spiro atoms. The van der Waals surface area contributed by atoms with E-state index >= 15 is 0 Å². The van der Waals surface area contributed by atoms with Gasteiger partial charge >= 0.3 is 0 Å². The van der Waals surface area contributed by atoms with Crippen LogP contribution in [0.1, 0.15) is 22.9 Å². The third-order valence-corrected chi connectivity index (χ3v) is 3.59.